The van der Waals surface area contributed by atoms with Crippen LogP contribution in [0.1, 0.15) is 52.1 Å². The van der Waals surface area contributed by atoms with Gasteiger partial charge in [-0.1, -0.05) is 27.7 Å². The molecule has 2 fully saturated rings. The second-order valence-corrected chi connectivity index (χ2v) is 9.30. The maximum Gasteiger partial charge on any atom is 0.228 e. The van der Waals surface area contributed by atoms with Crippen molar-refractivity contribution in [2.45, 2.75) is 52.5 Å². The highest BCUT2D eigenvalue weighted by Gasteiger charge is 2.25. The van der Waals surface area contributed by atoms with Crippen LogP contribution in [0.2, 0.25) is 0 Å². The lowest BCUT2D eigenvalue weighted by Gasteiger charge is -2.26. The number of morpholine rings is 1. The van der Waals surface area contributed by atoms with Gasteiger partial charge in [-0.15, -0.1) is 5.48 Å². The molecule has 2 aliphatic heterocycles. The van der Waals surface area contributed by atoms with Gasteiger partial charge in [0.25, 0.3) is 0 Å². The van der Waals surface area contributed by atoms with Gasteiger partial charge in [0.1, 0.15) is 18.2 Å². The second-order valence-electron chi connectivity index (χ2n) is 9.30. The van der Waals surface area contributed by atoms with Gasteiger partial charge in [-0.2, -0.15) is 15.1 Å². The number of H-pyrrole nitrogens is 1. The zero-order chi connectivity index (χ0) is 25.3. The molecule has 4 N–H and O–H groups in total. The molecule has 198 valence electrons. The Bertz CT molecular complexity index is 985. The Morgan fingerprint density at radius 2 is 1.94 bits per heavy atom. The number of ether oxygens (including phenoxy) is 2. The van der Waals surface area contributed by atoms with Crippen molar-refractivity contribution in [3.05, 3.63) is 29.7 Å². The fourth-order valence-corrected chi connectivity index (χ4v) is 3.88. The maximum atomic E-state index is 6.00. The first-order valence-corrected chi connectivity index (χ1v) is 13.1. The lowest BCUT2D eigenvalue weighted by Crippen LogP contribution is -2.38. The fourth-order valence-electron chi connectivity index (χ4n) is 3.88. The summed E-state index contributed by atoms with van der Waals surface area (Å²) in [4.78, 5) is 17.1. The zero-order valence-corrected chi connectivity index (χ0v) is 21.8. The smallest absolute Gasteiger partial charge is 0.228 e. The van der Waals surface area contributed by atoms with E-state index in [1.165, 1.54) is 12.8 Å². The Labute approximate surface area is 213 Å². The van der Waals surface area contributed by atoms with E-state index >= 15 is 0 Å². The van der Waals surface area contributed by atoms with Crippen molar-refractivity contribution in [1.82, 2.24) is 30.5 Å². The van der Waals surface area contributed by atoms with Crippen LogP contribution in [-0.2, 0) is 9.57 Å². The third-order valence-electron chi connectivity index (χ3n) is 6.17. The first-order valence-electron chi connectivity index (χ1n) is 13.1. The van der Waals surface area contributed by atoms with Crippen molar-refractivity contribution >= 4 is 17.6 Å². The van der Waals surface area contributed by atoms with E-state index in [9.17, 15) is 0 Å². The minimum absolute atomic E-state index is 0.199. The van der Waals surface area contributed by atoms with Crippen LogP contribution in [0.3, 0.4) is 0 Å². The van der Waals surface area contributed by atoms with Crippen molar-refractivity contribution in [3.8, 4) is 5.88 Å². The standard InChI is InChI=1S/C23H34N8O3.C2H6/c1-15(2)18-11-17(34-30-18)14-24-23-26-20(25-21-12-19(28-29-21)16-3-4-16)13-22(27-23)33-10-7-31-5-8-32-9-6-31;1-2/h11-13,15-16,18,30H,3-10,14H2,1-2H3,(H3,24,25,26,27,28,29);1-2H3. The van der Waals surface area contributed by atoms with Crippen LogP contribution >= 0.6 is 0 Å². The number of aromatic amines is 1. The predicted octanol–water partition coefficient (Wildman–Crippen LogP) is 3.41. The van der Waals surface area contributed by atoms with E-state index in [1.807, 2.05) is 19.9 Å². The van der Waals surface area contributed by atoms with Gasteiger partial charge in [0, 0.05) is 43.4 Å². The van der Waals surface area contributed by atoms with E-state index < -0.39 is 0 Å². The van der Waals surface area contributed by atoms with Gasteiger partial charge in [0.05, 0.1) is 25.8 Å². The van der Waals surface area contributed by atoms with Crippen LogP contribution in [0.4, 0.5) is 17.6 Å². The van der Waals surface area contributed by atoms with Gasteiger partial charge in [-0.25, -0.2) is 0 Å². The highest BCUT2D eigenvalue weighted by molar-refractivity contribution is 5.55. The number of aromatic nitrogens is 4. The average molecular weight is 501 g/mol. The first kappa shape index (κ1) is 26.2. The largest absolute Gasteiger partial charge is 0.476 e. The summed E-state index contributed by atoms with van der Waals surface area (Å²) in [7, 11) is 0. The van der Waals surface area contributed by atoms with E-state index in [1.54, 1.807) is 6.07 Å². The van der Waals surface area contributed by atoms with Crippen LogP contribution in [-0.4, -0.2) is 77.1 Å². The van der Waals surface area contributed by atoms with Crippen molar-refractivity contribution in [1.29, 1.82) is 0 Å². The molecular formula is C25H40N8O3. The number of nitrogens with zero attached hydrogens (tertiary/aromatic N) is 4. The predicted molar refractivity (Wildman–Crippen MR) is 139 cm³/mol. The third-order valence-corrected chi connectivity index (χ3v) is 6.17. The maximum absolute atomic E-state index is 6.00. The van der Waals surface area contributed by atoms with Gasteiger partial charge in [-0.3, -0.25) is 10.00 Å². The summed E-state index contributed by atoms with van der Waals surface area (Å²) in [6.45, 7) is 13.5. The van der Waals surface area contributed by atoms with Gasteiger partial charge < -0.3 is 24.9 Å². The second kappa shape index (κ2) is 12.9. The quantitative estimate of drug-likeness (QED) is 0.365. The number of nitrogens with one attached hydrogen (secondary N) is 4. The molecule has 4 heterocycles. The van der Waals surface area contributed by atoms with E-state index in [-0.39, 0.29) is 6.04 Å². The molecule has 11 heteroatoms. The number of rotatable bonds is 11. The van der Waals surface area contributed by atoms with Gasteiger partial charge in [0.2, 0.25) is 11.8 Å². The topological polar surface area (TPSA) is 121 Å². The minimum Gasteiger partial charge on any atom is -0.476 e. The number of hydrogen-bond acceptors (Lipinski definition) is 10. The lowest BCUT2D eigenvalue weighted by atomic mass is 10.1. The lowest BCUT2D eigenvalue weighted by molar-refractivity contribution is 0.0320. The number of anilines is 3. The minimum atomic E-state index is 0.199. The van der Waals surface area contributed by atoms with Crippen LogP contribution in [0.25, 0.3) is 0 Å². The fraction of sp³-hybridized carbons (Fsp3) is 0.640. The van der Waals surface area contributed by atoms with Crippen molar-refractivity contribution < 1.29 is 14.3 Å². The highest BCUT2D eigenvalue weighted by atomic mass is 16.7. The summed E-state index contributed by atoms with van der Waals surface area (Å²) in [6.07, 6.45) is 4.52. The number of hydrogen-bond donors (Lipinski definition) is 4. The van der Waals surface area contributed by atoms with Crippen LogP contribution < -0.4 is 20.9 Å². The van der Waals surface area contributed by atoms with Gasteiger partial charge in [-0.05, 0) is 24.8 Å². The van der Waals surface area contributed by atoms with Crippen LogP contribution in [0.5, 0.6) is 5.88 Å². The molecule has 0 spiro atoms. The summed E-state index contributed by atoms with van der Waals surface area (Å²) >= 11 is 0. The molecule has 1 atom stereocenters. The summed E-state index contributed by atoms with van der Waals surface area (Å²) < 4.78 is 11.4. The molecule has 0 radical (unpaired) electrons. The SMILES string of the molecule is CC.CC(C)C1C=C(CNc2nc(Nc3cc(C4CC4)[nH]n3)cc(OCCN3CCOCC3)n2)ON1. The Balaban J connectivity index is 0.00000148. The molecule has 1 saturated carbocycles. The first-order chi connectivity index (χ1) is 17.6. The van der Waals surface area contributed by atoms with E-state index in [4.69, 9.17) is 14.3 Å². The van der Waals surface area contributed by atoms with Crippen LogP contribution in [0.15, 0.2) is 24.0 Å². The molecule has 5 rings (SSSR count). The Kier molecular flexibility index (Phi) is 9.37. The highest BCUT2D eigenvalue weighted by Crippen LogP contribution is 2.39. The summed E-state index contributed by atoms with van der Waals surface area (Å²) in [6, 6.07) is 4.04. The normalized spacial score (nSPS) is 19.8. The monoisotopic (exact) mass is 500 g/mol. The summed E-state index contributed by atoms with van der Waals surface area (Å²) in [5, 5.41) is 14.0. The molecule has 0 bridgehead atoms. The van der Waals surface area contributed by atoms with Crippen molar-refractivity contribution in [2.75, 3.05) is 56.6 Å². The molecule has 1 aliphatic carbocycles. The zero-order valence-electron chi connectivity index (χ0n) is 21.8. The molecule has 3 aliphatic rings. The van der Waals surface area contributed by atoms with E-state index in [2.05, 4.69) is 61.1 Å². The third kappa shape index (κ3) is 7.55. The van der Waals surface area contributed by atoms with Gasteiger partial charge >= 0.3 is 0 Å². The molecule has 11 nitrogen and oxygen atoms in total. The molecule has 0 amide bonds. The van der Waals surface area contributed by atoms with E-state index in [0.29, 0.717) is 42.6 Å². The molecule has 36 heavy (non-hydrogen) atoms. The summed E-state index contributed by atoms with van der Waals surface area (Å²) in [5.41, 5.74) is 4.20. The summed E-state index contributed by atoms with van der Waals surface area (Å²) in [5.74, 6) is 4.18. The van der Waals surface area contributed by atoms with E-state index in [0.717, 1.165) is 50.1 Å². The molecule has 0 aromatic carbocycles. The molecule has 2 aromatic heterocycles. The molecule has 1 saturated heterocycles. The molecule has 2 aromatic rings. The van der Waals surface area contributed by atoms with Crippen LogP contribution in [0, 0.1) is 5.92 Å². The molecule has 1 unspecified atom stereocenters. The van der Waals surface area contributed by atoms with Gasteiger partial charge in [0.15, 0.2) is 5.82 Å². The molecular weight excluding hydrogens is 460 g/mol. The van der Waals surface area contributed by atoms with Crippen molar-refractivity contribution in [2.24, 2.45) is 5.92 Å². The van der Waals surface area contributed by atoms with Crippen molar-refractivity contribution in [3.63, 3.8) is 0 Å². The number of hydroxylamine groups is 1. The Morgan fingerprint density at radius 3 is 2.67 bits per heavy atom. The Hall–Kier alpha value is -2.89. The Morgan fingerprint density at radius 1 is 1.14 bits per heavy atom. The average Bonchev–Trinajstić information content (AvgIpc) is 3.44.